The molecule has 0 fully saturated rings. The minimum absolute atomic E-state index is 0.0200. The number of hydrogen-bond donors (Lipinski definition) is 1. The largest absolute Gasteiger partial charge is 0.392 e. The smallest absolute Gasteiger partial charge is 0.149 e. The molecule has 0 bridgehead atoms. The van der Waals surface area contributed by atoms with Crippen LogP contribution in [0.4, 0.5) is 0 Å². The Bertz CT molecular complexity index is 354. The molecule has 0 aromatic carbocycles. The van der Waals surface area contributed by atoms with Gasteiger partial charge in [0.05, 0.1) is 11.9 Å². The monoisotopic (exact) mass is 244 g/mol. The van der Waals surface area contributed by atoms with Crippen molar-refractivity contribution in [2.24, 2.45) is 0 Å². The molecule has 1 unspecified atom stereocenters. The van der Waals surface area contributed by atoms with Crippen molar-refractivity contribution in [2.75, 3.05) is 24.0 Å². The summed E-state index contributed by atoms with van der Waals surface area (Å²) in [7, 11) is -6.21. The highest BCUT2D eigenvalue weighted by molar-refractivity contribution is 7.90. The van der Waals surface area contributed by atoms with Gasteiger partial charge in [-0.1, -0.05) is 0 Å². The first-order valence-corrected chi connectivity index (χ1v) is 8.26. The first-order valence-electron chi connectivity index (χ1n) is 4.14. The highest BCUT2D eigenvalue weighted by atomic mass is 32.2. The minimum Gasteiger partial charge on any atom is -0.392 e. The van der Waals surface area contributed by atoms with Crippen LogP contribution in [-0.2, 0) is 19.7 Å². The van der Waals surface area contributed by atoms with Gasteiger partial charge in [-0.2, -0.15) is 0 Å². The van der Waals surface area contributed by atoms with Crippen LogP contribution in [0.25, 0.3) is 0 Å². The molecule has 0 aliphatic heterocycles. The summed E-state index contributed by atoms with van der Waals surface area (Å²) in [6.07, 6.45) is 1.66. The molecule has 0 aliphatic rings. The lowest BCUT2D eigenvalue weighted by Gasteiger charge is -2.07. The van der Waals surface area contributed by atoms with Crippen LogP contribution in [-0.4, -0.2) is 52.1 Å². The van der Waals surface area contributed by atoms with Crippen LogP contribution in [0.15, 0.2) is 0 Å². The third kappa shape index (κ3) is 9.94. The fourth-order valence-electron chi connectivity index (χ4n) is 1.01. The zero-order valence-electron chi connectivity index (χ0n) is 8.30. The predicted octanol–water partition coefficient (Wildman–Crippen LogP) is -0.783. The maximum Gasteiger partial charge on any atom is 0.149 e. The maximum absolute atomic E-state index is 10.7. The molecule has 0 amide bonds. The second-order valence-corrected chi connectivity index (χ2v) is 7.96. The number of rotatable bonds is 6. The van der Waals surface area contributed by atoms with Crippen LogP contribution in [0.2, 0.25) is 0 Å². The summed E-state index contributed by atoms with van der Waals surface area (Å²) in [5.74, 6) is -0.329. The Balaban J connectivity index is 3.82. The van der Waals surface area contributed by atoms with Crippen LogP contribution >= 0.6 is 0 Å². The molecule has 0 radical (unpaired) electrons. The van der Waals surface area contributed by atoms with E-state index in [0.29, 0.717) is 0 Å². The zero-order valence-corrected chi connectivity index (χ0v) is 9.94. The van der Waals surface area contributed by atoms with Crippen molar-refractivity contribution in [2.45, 2.75) is 18.9 Å². The van der Waals surface area contributed by atoms with Gasteiger partial charge < -0.3 is 5.11 Å². The molecule has 5 nitrogen and oxygen atoms in total. The lowest BCUT2D eigenvalue weighted by molar-refractivity contribution is 0.186. The van der Waals surface area contributed by atoms with Gasteiger partial charge >= 0.3 is 0 Å². The summed E-state index contributed by atoms with van der Waals surface area (Å²) in [6, 6.07) is 0. The third-order valence-electron chi connectivity index (χ3n) is 1.55. The molecule has 14 heavy (non-hydrogen) atoms. The van der Waals surface area contributed by atoms with E-state index >= 15 is 0 Å². The van der Waals surface area contributed by atoms with Crippen LogP contribution < -0.4 is 0 Å². The molecule has 0 saturated heterocycles. The topological polar surface area (TPSA) is 88.5 Å². The van der Waals surface area contributed by atoms with Crippen LogP contribution in [0.5, 0.6) is 0 Å². The van der Waals surface area contributed by atoms with Gasteiger partial charge in [-0.3, -0.25) is 0 Å². The summed E-state index contributed by atoms with van der Waals surface area (Å²) in [6.45, 7) is 0. The molecule has 1 N–H and O–H groups in total. The molecule has 86 valence electrons. The Labute approximate surface area is 85.0 Å². The first kappa shape index (κ1) is 13.9. The third-order valence-corrected chi connectivity index (χ3v) is 3.57. The summed E-state index contributed by atoms with van der Waals surface area (Å²) < 4.78 is 42.8. The summed E-state index contributed by atoms with van der Waals surface area (Å²) in [5.41, 5.74) is 0. The SMILES string of the molecule is CS(=O)(=O)CCCC(O)CS(C)(=O)=O. The van der Waals surface area contributed by atoms with E-state index in [1.165, 1.54) is 0 Å². The Morgan fingerprint density at radius 3 is 1.93 bits per heavy atom. The Morgan fingerprint density at radius 1 is 1.07 bits per heavy atom. The highest BCUT2D eigenvalue weighted by Gasteiger charge is 2.12. The van der Waals surface area contributed by atoms with Gasteiger partial charge in [0.1, 0.15) is 19.7 Å². The van der Waals surface area contributed by atoms with Gasteiger partial charge in [0, 0.05) is 18.3 Å². The fourth-order valence-corrected chi connectivity index (χ4v) is 2.57. The van der Waals surface area contributed by atoms with E-state index in [-0.39, 0.29) is 24.3 Å². The van der Waals surface area contributed by atoms with E-state index in [1.54, 1.807) is 0 Å². The molecule has 1 atom stereocenters. The average molecular weight is 244 g/mol. The number of aliphatic hydroxyl groups excluding tert-OH is 1. The molecule has 0 rings (SSSR count). The van der Waals surface area contributed by atoms with E-state index in [2.05, 4.69) is 0 Å². The molecule has 7 heteroatoms. The normalized spacial score (nSPS) is 15.4. The van der Waals surface area contributed by atoms with Crippen LogP contribution in [0.3, 0.4) is 0 Å². The molecule has 0 spiro atoms. The van der Waals surface area contributed by atoms with Crippen LogP contribution in [0.1, 0.15) is 12.8 Å². The number of hydrogen-bond acceptors (Lipinski definition) is 5. The first-order chi connectivity index (χ1) is 6.10. The molecule has 0 saturated carbocycles. The van der Waals surface area contributed by atoms with Gasteiger partial charge in [-0.15, -0.1) is 0 Å². The Hall–Kier alpha value is -0.140. The van der Waals surface area contributed by atoms with Gasteiger partial charge in [-0.25, -0.2) is 16.8 Å². The lowest BCUT2D eigenvalue weighted by atomic mass is 10.2. The van der Waals surface area contributed by atoms with Gasteiger partial charge in [0.15, 0.2) is 0 Å². The summed E-state index contributed by atoms with van der Waals surface area (Å²) in [5, 5.41) is 9.21. The Morgan fingerprint density at radius 2 is 1.57 bits per heavy atom. The van der Waals surface area contributed by atoms with E-state index in [9.17, 15) is 21.9 Å². The van der Waals surface area contributed by atoms with Gasteiger partial charge in [-0.05, 0) is 12.8 Å². The zero-order chi connectivity index (χ0) is 11.4. The van der Waals surface area contributed by atoms with Crippen molar-refractivity contribution in [3.8, 4) is 0 Å². The number of sulfone groups is 2. The molecule has 0 aromatic heterocycles. The van der Waals surface area contributed by atoms with E-state index in [4.69, 9.17) is 0 Å². The van der Waals surface area contributed by atoms with Gasteiger partial charge in [0.25, 0.3) is 0 Å². The number of aliphatic hydroxyl groups is 1. The molecule has 0 aliphatic carbocycles. The second-order valence-electron chi connectivity index (χ2n) is 3.52. The van der Waals surface area contributed by atoms with Gasteiger partial charge in [0.2, 0.25) is 0 Å². The molecule has 0 heterocycles. The average Bonchev–Trinajstić information content (AvgIpc) is 1.78. The van der Waals surface area contributed by atoms with Crippen molar-refractivity contribution < 1.29 is 21.9 Å². The molecular weight excluding hydrogens is 228 g/mol. The molecular formula is C7H16O5S2. The summed E-state index contributed by atoms with van der Waals surface area (Å²) >= 11 is 0. The van der Waals surface area contributed by atoms with Crippen molar-refractivity contribution >= 4 is 19.7 Å². The Kier molecular flexibility index (Phi) is 5.03. The maximum atomic E-state index is 10.7. The minimum atomic E-state index is -3.19. The fraction of sp³-hybridized carbons (Fsp3) is 1.00. The van der Waals surface area contributed by atoms with E-state index in [1.807, 2.05) is 0 Å². The quantitative estimate of drug-likeness (QED) is 0.662. The van der Waals surface area contributed by atoms with Crippen LogP contribution in [0, 0.1) is 0 Å². The molecule has 0 aromatic rings. The highest BCUT2D eigenvalue weighted by Crippen LogP contribution is 2.02. The predicted molar refractivity (Wildman–Crippen MR) is 54.7 cm³/mol. The lowest BCUT2D eigenvalue weighted by Crippen LogP contribution is -2.20. The van der Waals surface area contributed by atoms with E-state index < -0.39 is 25.8 Å². The van der Waals surface area contributed by atoms with Crippen molar-refractivity contribution in [3.05, 3.63) is 0 Å². The second kappa shape index (κ2) is 5.09. The summed E-state index contributed by atoms with van der Waals surface area (Å²) in [4.78, 5) is 0. The van der Waals surface area contributed by atoms with Crippen molar-refractivity contribution in [1.82, 2.24) is 0 Å². The van der Waals surface area contributed by atoms with Crippen molar-refractivity contribution in [1.29, 1.82) is 0 Å². The van der Waals surface area contributed by atoms with E-state index in [0.717, 1.165) is 12.5 Å². The standard InChI is InChI=1S/C7H16O5S2/c1-13(9,10)5-3-4-7(8)6-14(2,11)12/h7-8H,3-6H2,1-2H3. The van der Waals surface area contributed by atoms with Crippen molar-refractivity contribution in [3.63, 3.8) is 0 Å².